The van der Waals surface area contributed by atoms with Crippen LogP contribution in [0, 0.1) is 5.41 Å². The highest BCUT2D eigenvalue weighted by Crippen LogP contribution is 2.23. The molecule has 22 heavy (non-hydrogen) atoms. The van der Waals surface area contributed by atoms with Crippen molar-refractivity contribution in [2.75, 3.05) is 13.9 Å². The Hall–Kier alpha value is -1.80. The number of amides is 1. The van der Waals surface area contributed by atoms with Crippen molar-refractivity contribution >= 4 is 23.9 Å². The summed E-state index contributed by atoms with van der Waals surface area (Å²) in [7, 11) is 1.37. The lowest BCUT2D eigenvalue weighted by molar-refractivity contribution is -0.161. The number of ether oxygens (including phenoxy) is 3. The molecular formula is C14H22N2O6. The van der Waals surface area contributed by atoms with Gasteiger partial charge in [-0.25, -0.2) is 4.79 Å². The summed E-state index contributed by atoms with van der Waals surface area (Å²) in [6, 6.07) is -0.975. The SMILES string of the molecule is CO[C@@H](C)C(=O)N[C@@H](CCC(=O)C=N)C(=O)OCOC1CC1. The smallest absolute Gasteiger partial charge is 0.330 e. The van der Waals surface area contributed by atoms with Gasteiger partial charge in [0.1, 0.15) is 12.1 Å². The van der Waals surface area contributed by atoms with Crippen molar-refractivity contribution in [2.45, 2.75) is 50.9 Å². The quantitative estimate of drug-likeness (QED) is 0.319. The normalized spacial score (nSPS) is 16.5. The zero-order chi connectivity index (χ0) is 16.5. The summed E-state index contributed by atoms with van der Waals surface area (Å²) >= 11 is 0. The molecule has 124 valence electrons. The molecule has 1 fully saturated rings. The number of carbonyl (C=O) groups is 3. The molecule has 1 aliphatic carbocycles. The Morgan fingerprint density at radius 2 is 2.05 bits per heavy atom. The van der Waals surface area contributed by atoms with Crippen LogP contribution in [0.1, 0.15) is 32.6 Å². The molecule has 0 aromatic heterocycles. The van der Waals surface area contributed by atoms with Crippen molar-refractivity contribution in [3.05, 3.63) is 0 Å². The van der Waals surface area contributed by atoms with Gasteiger partial charge in [-0.05, 0) is 26.2 Å². The van der Waals surface area contributed by atoms with E-state index >= 15 is 0 Å². The molecule has 0 saturated heterocycles. The Bertz CT molecular complexity index is 422. The van der Waals surface area contributed by atoms with Gasteiger partial charge >= 0.3 is 5.97 Å². The van der Waals surface area contributed by atoms with E-state index in [1.807, 2.05) is 0 Å². The summed E-state index contributed by atoms with van der Waals surface area (Å²) < 4.78 is 15.0. The van der Waals surface area contributed by atoms with Crippen molar-refractivity contribution in [2.24, 2.45) is 0 Å². The number of esters is 1. The largest absolute Gasteiger partial charge is 0.437 e. The monoisotopic (exact) mass is 314 g/mol. The second kappa shape index (κ2) is 9.26. The zero-order valence-corrected chi connectivity index (χ0v) is 12.8. The lowest BCUT2D eigenvalue weighted by Gasteiger charge is -2.19. The lowest BCUT2D eigenvalue weighted by atomic mass is 10.1. The Balaban J connectivity index is 2.49. The number of carbonyl (C=O) groups excluding carboxylic acids is 3. The summed E-state index contributed by atoms with van der Waals surface area (Å²) in [5.74, 6) is -1.58. The van der Waals surface area contributed by atoms with E-state index in [1.165, 1.54) is 14.0 Å². The lowest BCUT2D eigenvalue weighted by Crippen LogP contribution is -2.46. The highest BCUT2D eigenvalue weighted by molar-refractivity contribution is 6.26. The van der Waals surface area contributed by atoms with Gasteiger partial charge in [0.15, 0.2) is 12.6 Å². The molecular weight excluding hydrogens is 292 g/mol. The fourth-order valence-electron chi connectivity index (χ4n) is 1.53. The number of rotatable bonds is 11. The third kappa shape index (κ3) is 6.77. The second-order valence-corrected chi connectivity index (χ2v) is 5.04. The molecule has 0 radical (unpaired) electrons. The number of Topliss-reactive ketones (excluding diaryl/α,β-unsaturated/α-hetero) is 1. The predicted molar refractivity (Wildman–Crippen MR) is 76.5 cm³/mol. The second-order valence-electron chi connectivity index (χ2n) is 5.04. The van der Waals surface area contributed by atoms with Crippen molar-refractivity contribution < 1.29 is 28.6 Å². The van der Waals surface area contributed by atoms with Crippen LogP contribution < -0.4 is 5.32 Å². The molecule has 0 bridgehead atoms. The molecule has 0 aromatic carbocycles. The topological polar surface area (TPSA) is 115 Å². The maximum absolute atomic E-state index is 12.0. The molecule has 0 spiro atoms. The van der Waals surface area contributed by atoms with Gasteiger partial charge < -0.3 is 24.9 Å². The number of nitrogens with one attached hydrogen (secondary N) is 2. The molecule has 2 atom stereocenters. The van der Waals surface area contributed by atoms with Crippen LogP contribution in [0.5, 0.6) is 0 Å². The molecule has 0 heterocycles. The number of hydrogen-bond donors (Lipinski definition) is 2. The third-order valence-corrected chi connectivity index (χ3v) is 3.19. The Morgan fingerprint density at radius 1 is 1.36 bits per heavy atom. The maximum atomic E-state index is 12.0. The first-order valence-corrected chi connectivity index (χ1v) is 7.12. The van der Waals surface area contributed by atoms with Crippen molar-refractivity contribution in [3.63, 3.8) is 0 Å². The van der Waals surface area contributed by atoms with Crippen LogP contribution in [-0.4, -0.2) is 56.0 Å². The van der Waals surface area contributed by atoms with E-state index in [1.54, 1.807) is 0 Å². The van der Waals surface area contributed by atoms with Gasteiger partial charge in [-0.1, -0.05) is 0 Å². The van der Waals surface area contributed by atoms with Crippen LogP contribution in [0.15, 0.2) is 0 Å². The van der Waals surface area contributed by atoms with Crippen LogP contribution in [0.3, 0.4) is 0 Å². The summed E-state index contributed by atoms with van der Waals surface area (Å²) in [6.45, 7) is 1.37. The molecule has 8 nitrogen and oxygen atoms in total. The standard InChI is InChI=1S/C14H22N2O6/c1-9(20-2)13(18)16-12(6-3-10(17)7-15)14(19)22-8-21-11-4-5-11/h7,9,11-12,15H,3-6,8H2,1-2H3,(H,16,18)/t9-,12-/m0/s1. The Morgan fingerprint density at radius 3 is 2.59 bits per heavy atom. The van der Waals surface area contributed by atoms with Crippen molar-refractivity contribution in [1.82, 2.24) is 5.32 Å². The van der Waals surface area contributed by atoms with Crippen LogP contribution in [0.25, 0.3) is 0 Å². The third-order valence-electron chi connectivity index (χ3n) is 3.19. The van der Waals surface area contributed by atoms with Gasteiger partial charge in [-0.2, -0.15) is 0 Å². The predicted octanol–water partition coefficient (Wildman–Crippen LogP) is 0.185. The molecule has 2 N–H and O–H groups in total. The van der Waals surface area contributed by atoms with Crippen LogP contribution >= 0.6 is 0 Å². The van der Waals surface area contributed by atoms with Crippen LogP contribution in [0.2, 0.25) is 0 Å². The molecule has 1 aliphatic rings. The molecule has 1 saturated carbocycles. The first-order chi connectivity index (χ1) is 10.5. The average molecular weight is 314 g/mol. The summed E-state index contributed by atoms with van der Waals surface area (Å²) in [5.41, 5.74) is 0. The molecule has 1 rings (SSSR count). The molecule has 0 unspecified atom stereocenters. The van der Waals surface area contributed by atoms with E-state index < -0.39 is 29.8 Å². The summed E-state index contributed by atoms with van der Waals surface area (Å²) in [5, 5.41) is 9.33. The molecule has 1 amide bonds. The fourth-order valence-corrected chi connectivity index (χ4v) is 1.53. The Kier molecular flexibility index (Phi) is 7.69. The van der Waals surface area contributed by atoms with E-state index in [-0.39, 0.29) is 25.7 Å². The first-order valence-electron chi connectivity index (χ1n) is 7.12. The van der Waals surface area contributed by atoms with E-state index in [0.29, 0.717) is 6.21 Å². The van der Waals surface area contributed by atoms with E-state index in [9.17, 15) is 14.4 Å². The van der Waals surface area contributed by atoms with Crippen LogP contribution in [0.4, 0.5) is 0 Å². The van der Waals surface area contributed by atoms with Crippen molar-refractivity contribution in [3.8, 4) is 0 Å². The van der Waals surface area contributed by atoms with Gasteiger partial charge in [0.05, 0.1) is 12.3 Å². The highest BCUT2D eigenvalue weighted by atomic mass is 16.7. The Labute approximate surface area is 129 Å². The minimum Gasteiger partial charge on any atom is -0.437 e. The minimum atomic E-state index is -0.975. The van der Waals surface area contributed by atoms with Gasteiger partial charge in [-0.15, -0.1) is 0 Å². The number of methoxy groups -OCH3 is 1. The summed E-state index contributed by atoms with van der Waals surface area (Å²) in [4.78, 5) is 34.9. The molecule has 0 aliphatic heterocycles. The average Bonchev–Trinajstić information content (AvgIpc) is 3.33. The van der Waals surface area contributed by atoms with Gasteiger partial charge in [-0.3, -0.25) is 9.59 Å². The maximum Gasteiger partial charge on any atom is 0.330 e. The first kappa shape index (κ1) is 18.2. The van der Waals surface area contributed by atoms with Gasteiger partial charge in [0.2, 0.25) is 5.91 Å². The molecule has 8 heteroatoms. The van der Waals surface area contributed by atoms with E-state index in [2.05, 4.69) is 5.32 Å². The fraction of sp³-hybridized carbons (Fsp3) is 0.714. The van der Waals surface area contributed by atoms with E-state index in [0.717, 1.165) is 12.8 Å². The highest BCUT2D eigenvalue weighted by Gasteiger charge is 2.27. The summed E-state index contributed by atoms with van der Waals surface area (Å²) in [6.07, 6.45) is 2.03. The minimum absolute atomic E-state index is 0.0333. The zero-order valence-electron chi connectivity index (χ0n) is 12.8. The van der Waals surface area contributed by atoms with E-state index in [4.69, 9.17) is 19.6 Å². The number of ketones is 1. The number of hydrogen-bond acceptors (Lipinski definition) is 7. The van der Waals surface area contributed by atoms with Gasteiger partial charge in [0.25, 0.3) is 0 Å². The molecule has 0 aromatic rings. The van der Waals surface area contributed by atoms with Gasteiger partial charge in [0, 0.05) is 13.5 Å². The van der Waals surface area contributed by atoms with Crippen molar-refractivity contribution in [1.29, 1.82) is 5.41 Å². The van der Waals surface area contributed by atoms with Crippen LogP contribution in [-0.2, 0) is 28.6 Å².